The van der Waals surface area contributed by atoms with Gasteiger partial charge in [-0.1, -0.05) is 19.1 Å². The molecule has 1 atom stereocenters. The highest BCUT2D eigenvalue weighted by Crippen LogP contribution is 2.33. The van der Waals surface area contributed by atoms with Crippen LogP contribution >= 0.6 is 0 Å². The molecule has 0 saturated carbocycles. The van der Waals surface area contributed by atoms with Crippen LogP contribution in [0, 0.1) is 0 Å². The van der Waals surface area contributed by atoms with Crippen LogP contribution in [0.3, 0.4) is 0 Å². The zero-order valence-electron chi connectivity index (χ0n) is 16.1. The van der Waals surface area contributed by atoms with Crippen molar-refractivity contribution in [2.45, 2.75) is 32.5 Å². The number of aliphatic hydroxyl groups excluding tert-OH is 1. The average molecular weight is 373 g/mol. The number of ether oxygens (including phenoxy) is 4. The third-order valence-corrected chi connectivity index (χ3v) is 4.64. The summed E-state index contributed by atoms with van der Waals surface area (Å²) in [5, 5.41) is 10.2. The molecule has 3 rings (SSSR count). The molecule has 1 unspecified atom stereocenters. The van der Waals surface area contributed by atoms with Gasteiger partial charge in [0.2, 0.25) is 6.79 Å². The summed E-state index contributed by atoms with van der Waals surface area (Å²) in [5.74, 6) is 2.96. The molecule has 2 aromatic rings. The SMILES string of the molecule is CCC(O)CN(Cc1ccc(OC)c(OC)c1)Cc1ccc2c(c1)OCO2. The van der Waals surface area contributed by atoms with Crippen molar-refractivity contribution in [3.05, 3.63) is 47.5 Å². The van der Waals surface area contributed by atoms with Crippen molar-refractivity contribution >= 4 is 0 Å². The molecule has 6 heteroatoms. The quantitative estimate of drug-likeness (QED) is 0.728. The van der Waals surface area contributed by atoms with Gasteiger partial charge in [0.1, 0.15) is 0 Å². The van der Waals surface area contributed by atoms with E-state index in [0.29, 0.717) is 37.6 Å². The van der Waals surface area contributed by atoms with E-state index < -0.39 is 0 Å². The van der Waals surface area contributed by atoms with Gasteiger partial charge in [0.25, 0.3) is 0 Å². The lowest BCUT2D eigenvalue weighted by atomic mass is 10.1. The fraction of sp³-hybridized carbons (Fsp3) is 0.429. The minimum atomic E-state index is -0.376. The third kappa shape index (κ3) is 4.84. The topological polar surface area (TPSA) is 60.4 Å². The fourth-order valence-corrected chi connectivity index (χ4v) is 3.15. The summed E-state index contributed by atoms with van der Waals surface area (Å²) in [5.41, 5.74) is 2.21. The number of fused-ring (bicyclic) bond motifs is 1. The normalized spacial score (nSPS) is 13.7. The van der Waals surface area contributed by atoms with Crippen molar-refractivity contribution in [2.75, 3.05) is 27.6 Å². The van der Waals surface area contributed by atoms with E-state index >= 15 is 0 Å². The number of methoxy groups -OCH3 is 2. The Bertz CT molecular complexity index is 764. The minimum absolute atomic E-state index is 0.267. The summed E-state index contributed by atoms with van der Waals surface area (Å²) in [7, 11) is 3.26. The van der Waals surface area contributed by atoms with Crippen LogP contribution in [-0.4, -0.2) is 43.7 Å². The second-order valence-corrected chi connectivity index (χ2v) is 6.61. The van der Waals surface area contributed by atoms with E-state index in [1.807, 2.05) is 43.3 Å². The number of aliphatic hydroxyl groups is 1. The Labute approximate surface area is 160 Å². The zero-order chi connectivity index (χ0) is 19.2. The first-order valence-electron chi connectivity index (χ1n) is 9.12. The first-order chi connectivity index (χ1) is 13.1. The van der Waals surface area contributed by atoms with E-state index in [1.54, 1.807) is 14.2 Å². The van der Waals surface area contributed by atoms with Gasteiger partial charge in [0, 0.05) is 19.6 Å². The molecule has 1 aliphatic rings. The standard InChI is InChI=1S/C21H27NO5/c1-4-17(23)13-22(11-15-5-7-18(24-2)20(9-15)25-3)12-16-6-8-19-21(10-16)27-14-26-19/h5-10,17,23H,4,11-14H2,1-3H3. The number of benzene rings is 2. The maximum absolute atomic E-state index is 10.2. The number of rotatable bonds is 9. The van der Waals surface area contributed by atoms with Crippen LogP contribution in [0.4, 0.5) is 0 Å². The monoisotopic (exact) mass is 373 g/mol. The van der Waals surface area contributed by atoms with Crippen LogP contribution in [0.1, 0.15) is 24.5 Å². The summed E-state index contributed by atoms with van der Waals surface area (Å²) in [4.78, 5) is 2.22. The maximum atomic E-state index is 10.2. The third-order valence-electron chi connectivity index (χ3n) is 4.64. The first kappa shape index (κ1) is 19.3. The second-order valence-electron chi connectivity index (χ2n) is 6.61. The highest BCUT2D eigenvalue weighted by atomic mass is 16.7. The molecule has 0 bridgehead atoms. The van der Waals surface area contributed by atoms with Gasteiger partial charge >= 0.3 is 0 Å². The predicted octanol–water partition coefficient (Wildman–Crippen LogP) is 3.21. The fourth-order valence-electron chi connectivity index (χ4n) is 3.15. The van der Waals surface area contributed by atoms with Gasteiger partial charge in [-0.3, -0.25) is 4.90 Å². The molecule has 1 aliphatic heterocycles. The van der Waals surface area contributed by atoms with Crippen LogP contribution in [0.15, 0.2) is 36.4 Å². The van der Waals surface area contributed by atoms with Gasteiger partial charge in [-0.15, -0.1) is 0 Å². The molecule has 0 aliphatic carbocycles. The maximum Gasteiger partial charge on any atom is 0.231 e. The van der Waals surface area contributed by atoms with Crippen LogP contribution < -0.4 is 18.9 Å². The van der Waals surface area contributed by atoms with E-state index in [9.17, 15) is 5.11 Å². The Hall–Kier alpha value is -2.44. The van der Waals surface area contributed by atoms with Crippen molar-refractivity contribution in [3.8, 4) is 23.0 Å². The summed E-state index contributed by atoms with van der Waals surface area (Å²) in [6.45, 7) is 4.22. The molecule has 0 amide bonds. The van der Waals surface area contributed by atoms with Crippen LogP contribution in [-0.2, 0) is 13.1 Å². The number of hydrogen-bond donors (Lipinski definition) is 1. The lowest BCUT2D eigenvalue weighted by molar-refractivity contribution is 0.101. The lowest BCUT2D eigenvalue weighted by Crippen LogP contribution is -2.31. The van der Waals surface area contributed by atoms with E-state index in [1.165, 1.54) is 0 Å². The molecule has 0 spiro atoms. The lowest BCUT2D eigenvalue weighted by Gasteiger charge is -2.25. The van der Waals surface area contributed by atoms with Crippen molar-refractivity contribution in [2.24, 2.45) is 0 Å². The van der Waals surface area contributed by atoms with E-state index in [-0.39, 0.29) is 12.9 Å². The molecule has 0 saturated heterocycles. The number of nitrogens with zero attached hydrogens (tertiary/aromatic N) is 1. The summed E-state index contributed by atoms with van der Waals surface area (Å²) in [6, 6.07) is 11.9. The molecule has 27 heavy (non-hydrogen) atoms. The predicted molar refractivity (Wildman–Crippen MR) is 103 cm³/mol. The molecule has 1 N–H and O–H groups in total. The molecule has 0 fully saturated rings. The van der Waals surface area contributed by atoms with Crippen LogP contribution in [0.25, 0.3) is 0 Å². The molecule has 2 aromatic carbocycles. The van der Waals surface area contributed by atoms with Crippen molar-refractivity contribution in [1.29, 1.82) is 0 Å². The van der Waals surface area contributed by atoms with E-state index in [0.717, 1.165) is 22.6 Å². The molecule has 1 heterocycles. The van der Waals surface area contributed by atoms with Crippen molar-refractivity contribution in [3.63, 3.8) is 0 Å². The van der Waals surface area contributed by atoms with Crippen molar-refractivity contribution < 1.29 is 24.1 Å². The van der Waals surface area contributed by atoms with Gasteiger partial charge in [0.15, 0.2) is 23.0 Å². The first-order valence-corrected chi connectivity index (χ1v) is 9.12. The van der Waals surface area contributed by atoms with E-state index in [2.05, 4.69) is 4.90 Å². The highest BCUT2D eigenvalue weighted by molar-refractivity contribution is 5.45. The minimum Gasteiger partial charge on any atom is -0.493 e. The molecule has 0 aromatic heterocycles. The largest absolute Gasteiger partial charge is 0.493 e. The van der Waals surface area contributed by atoms with Gasteiger partial charge in [0.05, 0.1) is 20.3 Å². The van der Waals surface area contributed by atoms with Gasteiger partial charge in [-0.05, 0) is 41.8 Å². The molecular formula is C21H27NO5. The van der Waals surface area contributed by atoms with Gasteiger partial charge in [-0.2, -0.15) is 0 Å². The molecular weight excluding hydrogens is 346 g/mol. The highest BCUT2D eigenvalue weighted by Gasteiger charge is 2.17. The van der Waals surface area contributed by atoms with E-state index in [4.69, 9.17) is 18.9 Å². The Morgan fingerprint density at radius 1 is 0.963 bits per heavy atom. The van der Waals surface area contributed by atoms with Gasteiger partial charge in [-0.25, -0.2) is 0 Å². The summed E-state index contributed by atoms with van der Waals surface area (Å²) in [6.07, 6.45) is 0.336. The van der Waals surface area contributed by atoms with Crippen LogP contribution in [0.2, 0.25) is 0 Å². The Morgan fingerprint density at radius 3 is 2.33 bits per heavy atom. The van der Waals surface area contributed by atoms with Crippen LogP contribution in [0.5, 0.6) is 23.0 Å². The molecule has 146 valence electrons. The zero-order valence-corrected chi connectivity index (χ0v) is 16.1. The second kappa shape index (κ2) is 8.97. The number of hydrogen-bond acceptors (Lipinski definition) is 6. The van der Waals surface area contributed by atoms with Gasteiger partial charge < -0.3 is 24.1 Å². The summed E-state index contributed by atoms with van der Waals surface area (Å²) >= 11 is 0. The van der Waals surface area contributed by atoms with Crippen molar-refractivity contribution in [1.82, 2.24) is 4.90 Å². The Morgan fingerprint density at radius 2 is 1.63 bits per heavy atom. The smallest absolute Gasteiger partial charge is 0.231 e. The Kier molecular flexibility index (Phi) is 6.42. The molecule has 0 radical (unpaired) electrons. The molecule has 6 nitrogen and oxygen atoms in total. The average Bonchev–Trinajstić information content (AvgIpc) is 3.15. The summed E-state index contributed by atoms with van der Waals surface area (Å²) < 4.78 is 21.6. The Balaban J connectivity index is 1.77.